The third-order valence-corrected chi connectivity index (χ3v) is 4.99. The van der Waals surface area contributed by atoms with E-state index in [0.717, 1.165) is 5.75 Å². The molecular formula is C28H39N3O5. The minimum absolute atomic E-state index is 0.0920. The lowest BCUT2D eigenvalue weighted by atomic mass is 9.87. The second-order valence-corrected chi connectivity index (χ2v) is 10.6. The molecule has 0 heterocycles. The first-order chi connectivity index (χ1) is 16.8. The smallest absolute Gasteiger partial charge is 0.407 e. The monoisotopic (exact) mass is 497 g/mol. The van der Waals surface area contributed by atoms with Crippen LogP contribution in [0.5, 0.6) is 5.75 Å². The largest absolute Gasteiger partial charge is 0.494 e. The predicted octanol–water partition coefficient (Wildman–Crippen LogP) is 5.64. The fourth-order valence-corrected chi connectivity index (χ4v) is 3.19. The van der Waals surface area contributed by atoms with Gasteiger partial charge in [0.1, 0.15) is 11.4 Å². The van der Waals surface area contributed by atoms with E-state index in [0.29, 0.717) is 30.8 Å². The van der Waals surface area contributed by atoms with Crippen LogP contribution in [0.4, 0.5) is 16.2 Å². The molecule has 0 aliphatic carbocycles. The van der Waals surface area contributed by atoms with Crippen LogP contribution in [0.2, 0.25) is 0 Å². The lowest BCUT2D eigenvalue weighted by Gasteiger charge is -2.19. The van der Waals surface area contributed by atoms with E-state index in [1.54, 1.807) is 45.0 Å². The van der Waals surface area contributed by atoms with E-state index < -0.39 is 11.7 Å². The third kappa shape index (κ3) is 11.3. The maximum absolute atomic E-state index is 12.3. The number of hydrogen-bond donors (Lipinski definition) is 3. The molecule has 0 radical (unpaired) electrons. The summed E-state index contributed by atoms with van der Waals surface area (Å²) in [7, 11) is 0. The van der Waals surface area contributed by atoms with Gasteiger partial charge in [-0.3, -0.25) is 9.59 Å². The van der Waals surface area contributed by atoms with Crippen LogP contribution in [0.3, 0.4) is 0 Å². The van der Waals surface area contributed by atoms with E-state index in [9.17, 15) is 14.4 Å². The zero-order chi connectivity index (χ0) is 26.8. The van der Waals surface area contributed by atoms with E-state index in [-0.39, 0.29) is 30.2 Å². The molecule has 2 aromatic carbocycles. The predicted molar refractivity (Wildman–Crippen MR) is 142 cm³/mol. The molecule has 2 rings (SSSR count). The summed E-state index contributed by atoms with van der Waals surface area (Å²) in [5.74, 6) is 0.391. The molecule has 0 fully saturated rings. The van der Waals surface area contributed by atoms with Crippen LogP contribution >= 0.6 is 0 Å². The van der Waals surface area contributed by atoms with Gasteiger partial charge in [0.2, 0.25) is 11.8 Å². The highest BCUT2D eigenvalue weighted by Gasteiger charge is 2.16. The summed E-state index contributed by atoms with van der Waals surface area (Å²) < 4.78 is 10.9. The summed E-state index contributed by atoms with van der Waals surface area (Å²) >= 11 is 0. The molecule has 0 aliphatic rings. The van der Waals surface area contributed by atoms with E-state index in [4.69, 9.17) is 9.47 Å². The molecule has 0 unspecified atom stereocenters. The third-order valence-electron chi connectivity index (χ3n) is 4.99. The Hall–Kier alpha value is -3.55. The highest BCUT2D eigenvalue weighted by atomic mass is 16.6. The number of anilines is 2. The van der Waals surface area contributed by atoms with Crippen LogP contribution < -0.4 is 20.7 Å². The van der Waals surface area contributed by atoms with Crippen molar-refractivity contribution in [2.24, 2.45) is 0 Å². The summed E-state index contributed by atoms with van der Waals surface area (Å²) in [6.45, 7) is 12.4. The second kappa shape index (κ2) is 13.0. The van der Waals surface area contributed by atoms with Gasteiger partial charge >= 0.3 is 6.09 Å². The van der Waals surface area contributed by atoms with Crippen molar-refractivity contribution in [3.63, 3.8) is 0 Å². The van der Waals surface area contributed by atoms with Crippen LogP contribution in [-0.2, 0) is 19.7 Å². The second-order valence-electron chi connectivity index (χ2n) is 10.6. The minimum Gasteiger partial charge on any atom is -0.494 e. The van der Waals surface area contributed by atoms with Gasteiger partial charge in [0.15, 0.2) is 0 Å². The fourth-order valence-electron chi connectivity index (χ4n) is 3.19. The Morgan fingerprint density at radius 3 is 1.94 bits per heavy atom. The average molecular weight is 498 g/mol. The molecule has 0 aliphatic heterocycles. The number of ether oxygens (including phenoxy) is 2. The van der Waals surface area contributed by atoms with E-state index in [2.05, 4.69) is 48.9 Å². The van der Waals surface area contributed by atoms with Crippen molar-refractivity contribution in [2.45, 2.75) is 71.8 Å². The van der Waals surface area contributed by atoms with Crippen molar-refractivity contribution in [2.75, 3.05) is 23.8 Å². The quantitative estimate of drug-likeness (QED) is 0.369. The maximum atomic E-state index is 12.3. The molecule has 196 valence electrons. The highest BCUT2D eigenvalue weighted by Crippen LogP contribution is 2.24. The van der Waals surface area contributed by atoms with Crippen LogP contribution in [0.15, 0.2) is 48.5 Å². The lowest BCUT2D eigenvalue weighted by Crippen LogP contribution is -2.34. The van der Waals surface area contributed by atoms with Gasteiger partial charge in [0.25, 0.3) is 0 Å². The molecule has 2 aromatic rings. The number of hydrogen-bond acceptors (Lipinski definition) is 5. The molecule has 0 atom stereocenters. The number of alkyl carbamates (subject to hydrolysis) is 1. The Labute approximate surface area is 214 Å². The summed E-state index contributed by atoms with van der Waals surface area (Å²) in [5.41, 5.74) is 1.88. The van der Waals surface area contributed by atoms with Crippen LogP contribution in [0.25, 0.3) is 0 Å². The maximum Gasteiger partial charge on any atom is 0.407 e. The average Bonchev–Trinajstić information content (AvgIpc) is 2.75. The Morgan fingerprint density at radius 2 is 1.39 bits per heavy atom. The fraction of sp³-hybridized carbons (Fsp3) is 0.464. The molecule has 0 aromatic heterocycles. The highest BCUT2D eigenvalue weighted by molar-refractivity contribution is 5.94. The van der Waals surface area contributed by atoms with E-state index in [1.165, 1.54) is 5.56 Å². The molecular weight excluding hydrogens is 458 g/mol. The van der Waals surface area contributed by atoms with Gasteiger partial charge in [-0.15, -0.1) is 0 Å². The Morgan fingerprint density at radius 1 is 0.806 bits per heavy atom. The first kappa shape index (κ1) is 28.7. The van der Waals surface area contributed by atoms with Crippen LogP contribution in [0.1, 0.15) is 66.4 Å². The van der Waals surface area contributed by atoms with Crippen molar-refractivity contribution >= 4 is 29.3 Å². The number of carbonyl (C=O) groups excluding carboxylic acids is 3. The Balaban J connectivity index is 1.70. The number of carbonyl (C=O) groups is 3. The summed E-state index contributed by atoms with van der Waals surface area (Å²) in [5, 5.41) is 8.14. The lowest BCUT2D eigenvalue weighted by molar-refractivity contribution is -0.117. The van der Waals surface area contributed by atoms with Crippen LogP contribution in [-0.4, -0.2) is 36.7 Å². The van der Waals surface area contributed by atoms with Gasteiger partial charge in [0, 0.05) is 30.8 Å². The Bertz CT molecular complexity index is 1020. The van der Waals surface area contributed by atoms with Crippen molar-refractivity contribution in [1.29, 1.82) is 0 Å². The van der Waals surface area contributed by atoms with Crippen molar-refractivity contribution in [3.05, 3.63) is 54.1 Å². The number of rotatable bonds is 10. The summed E-state index contributed by atoms with van der Waals surface area (Å²) in [6, 6.07) is 14.9. The van der Waals surface area contributed by atoms with Crippen molar-refractivity contribution in [1.82, 2.24) is 5.32 Å². The van der Waals surface area contributed by atoms with Gasteiger partial charge < -0.3 is 25.4 Å². The minimum atomic E-state index is -0.595. The molecule has 36 heavy (non-hydrogen) atoms. The van der Waals surface area contributed by atoms with E-state index in [1.807, 2.05) is 12.1 Å². The van der Waals surface area contributed by atoms with Gasteiger partial charge in [-0.05, 0) is 68.5 Å². The topological polar surface area (TPSA) is 106 Å². The number of nitrogens with one attached hydrogen (secondary N) is 3. The summed E-state index contributed by atoms with van der Waals surface area (Å²) in [4.78, 5) is 36.1. The SMILES string of the molecule is CC(C)(C)OC(=O)NCCC(=O)Nc1cccc(NC(=O)CCCOc2ccc(C(C)(C)C)cc2)c1. The van der Waals surface area contributed by atoms with Crippen molar-refractivity contribution in [3.8, 4) is 5.75 Å². The molecule has 0 bridgehead atoms. The van der Waals surface area contributed by atoms with Gasteiger partial charge in [-0.25, -0.2) is 4.79 Å². The standard InChI is InChI=1S/C28H39N3O5/c1-27(2,3)20-12-14-23(15-13-20)35-18-8-11-24(32)30-21-9-7-10-22(19-21)31-25(33)16-17-29-26(34)36-28(4,5)6/h7,9-10,12-15,19H,8,11,16-18H2,1-6H3,(H,29,34)(H,30,32)(H,31,33). The van der Waals surface area contributed by atoms with Gasteiger partial charge in [-0.1, -0.05) is 39.0 Å². The molecule has 0 saturated heterocycles. The molecule has 0 saturated carbocycles. The zero-order valence-electron chi connectivity index (χ0n) is 22.2. The molecule has 0 spiro atoms. The normalized spacial score (nSPS) is 11.4. The molecule has 3 amide bonds. The molecule has 8 nitrogen and oxygen atoms in total. The zero-order valence-corrected chi connectivity index (χ0v) is 22.2. The van der Waals surface area contributed by atoms with Gasteiger partial charge in [0.05, 0.1) is 6.61 Å². The van der Waals surface area contributed by atoms with Crippen molar-refractivity contribution < 1.29 is 23.9 Å². The van der Waals surface area contributed by atoms with Gasteiger partial charge in [-0.2, -0.15) is 0 Å². The Kier molecular flexibility index (Phi) is 10.3. The molecule has 8 heteroatoms. The summed E-state index contributed by atoms with van der Waals surface area (Å²) in [6.07, 6.45) is 0.416. The number of benzene rings is 2. The molecule has 3 N–H and O–H groups in total. The van der Waals surface area contributed by atoms with E-state index >= 15 is 0 Å². The van der Waals surface area contributed by atoms with Crippen LogP contribution in [0, 0.1) is 0 Å². The first-order valence-electron chi connectivity index (χ1n) is 12.2. The first-order valence-corrected chi connectivity index (χ1v) is 12.2. The number of amides is 3.